The molecule has 0 aliphatic heterocycles. The van der Waals surface area contributed by atoms with E-state index in [1.165, 1.54) is 12.3 Å². The van der Waals surface area contributed by atoms with E-state index in [9.17, 15) is 15.0 Å². The molecule has 4 heteroatoms. The molecule has 2 atom stereocenters. The molecule has 1 aromatic heterocycles. The van der Waals surface area contributed by atoms with E-state index in [-0.39, 0.29) is 16.7 Å². The highest BCUT2D eigenvalue weighted by atomic mass is 16.4. The van der Waals surface area contributed by atoms with Crippen molar-refractivity contribution in [3.05, 3.63) is 23.7 Å². The third kappa shape index (κ3) is 2.90. The Kier molecular flexibility index (Phi) is 3.96. The van der Waals surface area contributed by atoms with Gasteiger partial charge in [0.2, 0.25) is 0 Å². The van der Waals surface area contributed by atoms with E-state index in [4.69, 9.17) is 4.42 Å². The molecule has 0 aromatic carbocycles. The van der Waals surface area contributed by atoms with Gasteiger partial charge in [-0.05, 0) is 49.5 Å². The van der Waals surface area contributed by atoms with Gasteiger partial charge in [-0.25, -0.2) is 4.79 Å². The molecule has 0 amide bonds. The molecular weight excluding hydrogens is 256 g/mol. The largest absolute Gasteiger partial charge is 0.478 e. The molecule has 1 heterocycles. The molecule has 0 bridgehead atoms. The van der Waals surface area contributed by atoms with Crippen LogP contribution in [-0.2, 0) is 5.60 Å². The van der Waals surface area contributed by atoms with Crippen LogP contribution in [0.25, 0.3) is 0 Å². The molecule has 1 aromatic rings. The van der Waals surface area contributed by atoms with Gasteiger partial charge in [0, 0.05) is 0 Å². The summed E-state index contributed by atoms with van der Waals surface area (Å²) in [5.41, 5.74) is -0.844. The smallest absolute Gasteiger partial charge is 0.339 e. The number of hydrogen-bond acceptors (Lipinski definition) is 3. The van der Waals surface area contributed by atoms with Crippen molar-refractivity contribution in [3.8, 4) is 0 Å². The third-order valence-electron chi connectivity index (χ3n) is 4.59. The molecule has 112 valence electrons. The third-order valence-corrected chi connectivity index (χ3v) is 4.59. The SMILES string of the molecule is CC(C)(C)C1CCCC(O)(c2occc2C(=O)O)CC1. The van der Waals surface area contributed by atoms with E-state index in [0.717, 1.165) is 19.3 Å². The second-order valence-corrected chi connectivity index (χ2v) is 6.99. The summed E-state index contributed by atoms with van der Waals surface area (Å²) >= 11 is 0. The molecule has 0 radical (unpaired) electrons. The highest BCUT2D eigenvalue weighted by Gasteiger charge is 2.40. The van der Waals surface area contributed by atoms with Crippen LogP contribution in [0, 0.1) is 11.3 Å². The maximum Gasteiger partial charge on any atom is 0.339 e. The number of carbonyl (C=O) groups is 1. The van der Waals surface area contributed by atoms with Crippen LogP contribution < -0.4 is 0 Å². The lowest BCUT2D eigenvalue weighted by Crippen LogP contribution is -2.27. The Morgan fingerprint density at radius 2 is 2.05 bits per heavy atom. The van der Waals surface area contributed by atoms with Gasteiger partial charge in [-0.1, -0.05) is 20.8 Å². The number of aliphatic hydroxyl groups is 1. The van der Waals surface area contributed by atoms with Crippen LogP contribution in [0.1, 0.15) is 69.0 Å². The van der Waals surface area contributed by atoms with Crippen molar-refractivity contribution < 1.29 is 19.4 Å². The standard InChI is InChI=1S/C16H24O4/c1-15(2,3)11-5-4-8-16(19,9-6-11)13-12(14(17)18)7-10-20-13/h7,10-11,19H,4-6,8-9H2,1-3H3,(H,17,18). The van der Waals surface area contributed by atoms with E-state index < -0.39 is 11.6 Å². The predicted molar refractivity (Wildman–Crippen MR) is 75.6 cm³/mol. The van der Waals surface area contributed by atoms with Crippen molar-refractivity contribution in [2.45, 2.75) is 58.5 Å². The fraction of sp³-hybridized carbons (Fsp3) is 0.688. The van der Waals surface area contributed by atoms with E-state index >= 15 is 0 Å². The average Bonchev–Trinajstić information content (AvgIpc) is 2.73. The Morgan fingerprint density at radius 1 is 1.35 bits per heavy atom. The van der Waals surface area contributed by atoms with Gasteiger partial charge in [-0.3, -0.25) is 0 Å². The van der Waals surface area contributed by atoms with Crippen LogP contribution in [0.2, 0.25) is 0 Å². The molecule has 4 nitrogen and oxygen atoms in total. The summed E-state index contributed by atoms with van der Waals surface area (Å²) in [4.78, 5) is 11.2. The van der Waals surface area contributed by atoms with E-state index in [0.29, 0.717) is 18.8 Å². The first-order valence-corrected chi connectivity index (χ1v) is 7.28. The molecule has 2 N–H and O–H groups in total. The van der Waals surface area contributed by atoms with E-state index in [2.05, 4.69) is 20.8 Å². The van der Waals surface area contributed by atoms with Gasteiger partial charge in [0.1, 0.15) is 16.9 Å². The number of rotatable bonds is 2. The van der Waals surface area contributed by atoms with Crippen LogP contribution in [0.5, 0.6) is 0 Å². The lowest BCUT2D eigenvalue weighted by molar-refractivity contribution is -0.00417. The Hall–Kier alpha value is -1.29. The average molecular weight is 280 g/mol. The minimum atomic E-state index is -1.14. The molecule has 0 spiro atoms. The second-order valence-electron chi connectivity index (χ2n) is 6.99. The molecule has 1 aliphatic rings. The maximum atomic E-state index is 11.2. The molecule has 1 saturated carbocycles. The van der Waals surface area contributed by atoms with Gasteiger partial charge in [-0.15, -0.1) is 0 Å². The van der Waals surface area contributed by atoms with Gasteiger partial charge < -0.3 is 14.6 Å². The van der Waals surface area contributed by atoms with Gasteiger partial charge in [0.05, 0.1) is 6.26 Å². The number of hydrogen-bond donors (Lipinski definition) is 2. The Labute approximate surface area is 119 Å². The fourth-order valence-corrected chi connectivity index (χ4v) is 3.25. The van der Waals surface area contributed by atoms with Gasteiger partial charge in [-0.2, -0.15) is 0 Å². The van der Waals surface area contributed by atoms with E-state index in [1.54, 1.807) is 0 Å². The Morgan fingerprint density at radius 3 is 2.65 bits per heavy atom. The Balaban J connectivity index is 2.23. The molecular formula is C16H24O4. The monoisotopic (exact) mass is 280 g/mol. The molecule has 0 saturated heterocycles. The summed E-state index contributed by atoms with van der Waals surface area (Å²) in [6.45, 7) is 6.66. The topological polar surface area (TPSA) is 70.7 Å². The fourth-order valence-electron chi connectivity index (χ4n) is 3.25. The summed E-state index contributed by atoms with van der Waals surface area (Å²) in [7, 11) is 0. The van der Waals surface area contributed by atoms with Crippen LogP contribution in [-0.4, -0.2) is 16.2 Å². The van der Waals surface area contributed by atoms with Gasteiger partial charge in [0.25, 0.3) is 0 Å². The van der Waals surface area contributed by atoms with Crippen molar-refractivity contribution in [1.29, 1.82) is 0 Å². The lowest BCUT2D eigenvalue weighted by atomic mass is 9.76. The summed E-state index contributed by atoms with van der Waals surface area (Å²) < 4.78 is 5.31. The zero-order chi connectivity index (χ0) is 15.0. The van der Waals surface area contributed by atoms with Crippen molar-refractivity contribution in [2.75, 3.05) is 0 Å². The number of furan rings is 1. The van der Waals surface area contributed by atoms with Crippen molar-refractivity contribution in [2.24, 2.45) is 11.3 Å². The van der Waals surface area contributed by atoms with E-state index in [1.807, 2.05) is 0 Å². The molecule has 2 unspecified atom stereocenters. The van der Waals surface area contributed by atoms with Crippen LogP contribution in [0.15, 0.2) is 16.7 Å². The lowest BCUT2D eigenvalue weighted by Gasteiger charge is -2.30. The normalized spacial score (nSPS) is 28.1. The van der Waals surface area contributed by atoms with Crippen molar-refractivity contribution in [3.63, 3.8) is 0 Å². The van der Waals surface area contributed by atoms with Crippen molar-refractivity contribution in [1.82, 2.24) is 0 Å². The Bertz CT molecular complexity index is 483. The number of carboxylic acid groups (broad SMARTS) is 1. The summed E-state index contributed by atoms with van der Waals surface area (Å²) in [6.07, 6.45) is 5.31. The molecule has 1 aliphatic carbocycles. The summed E-state index contributed by atoms with van der Waals surface area (Å²) in [5, 5.41) is 20.0. The van der Waals surface area contributed by atoms with Crippen LogP contribution >= 0.6 is 0 Å². The number of aromatic carboxylic acids is 1. The van der Waals surface area contributed by atoms with Gasteiger partial charge >= 0.3 is 5.97 Å². The predicted octanol–water partition coefficient (Wildman–Crippen LogP) is 3.79. The van der Waals surface area contributed by atoms with Crippen LogP contribution in [0.4, 0.5) is 0 Å². The summed E-state index contributed by atoms with van der Waals surface area (Å²) in [6, 6.07) is 1.42. The first kappa shape index (κ1) is 15.1. The van der Waals surface area contributed by atoms with Crippen molar-refractivity contribution >= 4 is 5.97 Å². The minimum absolute atomic E-state index is 0.0849. The summed E-state index contributed by atoms with van der Waals surface area (Å²) in [5.74, 6) is -0.280. The van der Waals surface area contributed by atoms with Crippen LogP contribution in [0.3, 0.4) is 0 Å². The minimum Gasteiger partial charge on any atom is -0.478 e. The molecule has 20 heavy (non-hydrogen) atoms. The molecule has 1 fully saturated rings. The highest BCUT2D eigenvalue weighted by molar-refractivity contribution is 5.89. The zero-order valence-corrected chi connectivity index (χ0v) is 12.5. The first-order valence-electron chi connectivity index (χ1n) is 7.28. The molecule has 2 rings (SSSR count). The highest BCUT2D eigenvalue weighted by Crippen LogP contribution is 2.44. The maximum absolute atomic E-state index is 11.2. The first-order chi connectivity index (χ1) is 9.24. The number of carboxylic acids is 1. The zero-order valence-electron chi connectivity index (χ0n) is 12.5. The second kappa shape index (κ2) is 5.24. The van der Waals surface area contributed by atoms with Gasteiger partial charge in [0.15, 0.2) is 0 Å². The quantitative estimate of drug-likeness (QED) is 0.808.